The molecule has 1 N–H and O–H groups in total. The summed E-state index contributed by atoms with van der Waals surface area (Å²) < 4.78 is 0. The van der Waals surface area contributed by atoms with Gasteiger partial charge in [0.2, 0.25) is 11.8 Å². The lowest BCUT2D eigenvalue weighted by molar-refractivity contribution is -0.117. The summed E-state index contributed by atoms with van der Waals surface area (Å²) in [6.07, 6.45) is 1.03. The van der Waals surface area contributed by atoms with Gasteiger partial charge in [0.05, 0.1) is 0 Å². The first-order chi connectivity index (χ1) is 12.4. The molecule has 26 heavy (non-hydrogen) atoms. The Morgan fingerprint density at radius 1 is 1.08 bits per heavy atom. The van der Waals surface area contributed by atoms with Crippen LogP contribution in [0.5, 0.6) is 0 Å². The van der Waals surface area contributed by atoms with Crippen LogP contribution in [0.4, 0.5) is 11.4 Å². The molecule has 0 fully saturated rings. The summed E-state index contributed by atoms with van der Waals surface area (Å²) in [6.45, 7) is 2.19. The Morgan fingerprint density at radius 3 is 2.50 bits per heavy atom. The molecule has 0 saturated heterocycles. The van der Waals surface area contributed by atoms with Crippen molar-refractivity contribution in [3.05, 3.63) is 58.6 Å². The Labute approximate surface area is 156 Å². The number of halogens is 1. The second-order valence-electron chi connectivity index (χ2n) is 6.24. The monoisotopic (exact) mass is 370 g/mol. The van der Waals surface area contributed by atoms with Gasteiger partial charge in [-0.3, -0.25) is 14.4 Å². The fourth-order valence-electron chi connectivity index (χ4n) is 3.01. The maximum absolute atomic E-state index is 12.2. The van der Waals surface area contributed by atoms with E-state index in [1.165, 1.54) is 6.92 Å². The zero-order chi connectivity index (χ0) is 18.7. The molecular formula is C20H19ClN2O3. The van der Waals surface area contributed by atoms with Crippen molar-refractivity contribution in [1.29, 1.82) is 0 Å². The normalized spacial score (nSPS) is 12.6. The Morgan fingerprint density at radius 2 is 1.81 bits per heavy atom. The van der Waals surface area contributed by atoms with Gasteiger partial charge < -0.3 is 10.2 Å². The molecule has 0 aromatic heterocycles. The molecular weight excluding hydrogens is 352 g/mol. The van der Waals surface area contributed by atoms with E-state index >= 15 is 0 Å². The van der Waals surface area contributed by atoms with Crippen LogP contribution in [0.1, 0.15) is 35.7 Å². The van der Waals surface area contributed by atoms with Gasteiger partial charge in [0, 0.05) is 48.3 Å². The van der Waals surface area contributed by atoms with E-state index in [0.717, 1.165) is 17.7 Å². The molecule has 0 radical (unpaired) electrons. The predicted molar refractivity (Wildman–Crippen MR) is 102 cm³/mol. The number of hydrogen-bond donors (Lipinski definition) is 1. The average Bonchev–Trinajstić information content (AvgIpc) is 3.04. The van der Waals surface area contributed by atoms with Crippen LogP contribution in [-0.2, 0) is 16.0 Å². The molecule has 1 aliphatic heterocycles. The van der Waals surface area contributed by atoms with E-state index in [1.54, 1.807) is 29.2 Å². The van der Waals surface area contributed by atoms with E-state index in [4.69, 9.17) is 11.6 Å². The number of anilines is 2. The van der Waals surface area contributed by atoms with E-state index in [0.29, 0.717) is 22.8 Å². The third-order valence-corrected chi connectivity index (χ3v) is 4.64. The van der Waals surface area contributed by atoms with E-state index in [-0.39, 0.29) is 30.4 Å². The third-order valence-electron chi connectivity index (χ3n) is 4.39. The summed E-state index contributed by atoms with van der Waals surface area (Å²) in [5.74, 6) is -0.353. The standard InChI is InChI=1S/C20H19ClN2O3/c1-13(24)23-11-10-14-4-7-17(12-18(14)23)22-20(26)9-8-19(25)15-2-5-16(21)6-3-15/h2-7,12H,8-11H2,1H3,(H,22,26). The van der Waals surface area contributed by atoms with Crippen molar-refractivity contribution in [3.63, 3.8) is 0 Å². The molecule has 0 unspecified atom stereocenters. The highest BCUT2D eigenvalue weighted by molar-refractivity contribution is 6.30. The van der Waals surface area contributed by atoms with Gasteiger partial charge in [0.15, 0.2) is 5.78 Å². The van der Waals surface area contributed by atoms with Crippen LogP contribution in [0.15, 0.2) is 42.5 Å². The highest BCUT2D eigenvalue weighted by atomic mass is 35.5. The molecule has 2 aromatic rings. The largest absolute Gasteiger partial charge is 0.326 e. The van der Waals surface area contributed by atoms with Crippen molar-refractivity contribution in [2.24, 2.45) is 0 Å². The second-order valence-corrected chi connectivity index (χ2v) is 6.68. The van der Waals surface area contributed by atoms with Gasteiger partial charge in [-0.05, 0) is 48.4 Å². The zero-order valence-electron chi connectivity index (χ0n) is 14.4. The molecule has 134 valence electrons. The van der Waals surface area contributed by atoms with Gasteiger partial charge in [-0.1, -0.05) is 17.7 Å². The number of ketones is 1. The van der Waals surface area contributed by atoms with E-state index in [9.17, 15) is 14.4 Å². The SMILES string of the molecule is CC(=O)N1CCc2ccc(NC(=O)CCC(=O)c3ccc(Cl)cc3)cc21. The molecule has 0 aliphatic carbocycles. The molecule has 3 rings (SSSR count). The summed E-state index contributed by atoms with van der Waals surface area (Å²) in [5.41, 5.74) is 3.10. The van der Waals surface area contributed by atoms with Gasteiger partial charge in [-0.2, -0.15) is 0 Å². The van der Waals surface area contributed by atoms with Crippen LogP contribution in [0.2, 0.25) is 5.02 Å². The lowest BCUT2D eigenvalue weighted by Gasteiger charge is -2.15. The van der Waals surface area contributed by atoms with Crippen molar-refractivity contribution >= 4 is 40.6 Å². The summed E-state index contributed by atoms with van der Waals surface area (Å²) in [5, 5.41) is 3.36. The van der Waals surface area contributed by atoms with E-state index in [1.807, 2.05) is 18.2 Å². The number of amides is 2. The molecule has 1 aliphatic rings. The van der Waals surface area contributed by atoms with E-state index in [2.05, 4.69) is 5.32 Å². The number of rotatable bonds is 5. The first-order valence-corrected chi connectivity index (χ1v) is 8.81. The highest BCUT2D eigenvalue weighted by Crippen LogP contribution is 2.31. The first-order valence-electron chi connectivity index (χ1n) is 8.43. The molecule has 2 amide bonds. The van der Waals surface area contributed by atoms with Gasteiger partial charge in [-0.25, -0.2) is 0 Å². The van der Waals surface area contributed by atoms with Gasteiger partial charge in [0.25, 0.3) is 0 Å². The highest BCUT2D eigenvalue weighted by Gasteiger charge is 2.22. The fourth-order valence-corrected chi connectivity index (χ4v) is 3.14. The zero-order valence-corrected chi connectivity index (χ0v) is 15.2. The van der Waals surface area contributed by atoms with Crippen molar-refractivity contribution in [2.75, 3.05) is 16.8 Å². The van der Waals surface area contributed by atoms with Crippen LogP contribution >= 0.6 is 11.6 Å². The van der Waals surface area contributed by atoms with Crippen molar-refractivity contribution in [3.8, 4) is 0 Å². The number of benzene rings is 2. The lowest BCUT2D eigenvalue weighted by Crippen LogP contribution is -2.25. The number of fused-ring (bicyclic) bond motifs is 1. The maximum Gasteiger partial charge on any atom is 0.224 e. The number of nitrogens with one attached hydrogen (secondary N) is 1. The number of carbonyl (C=O) groups is 3. The van der Waals surface area contributed by atoms with Crippen molar-refractivity contribution in [1.82, 2.24) is 0 Å². The molecule has 0 spiro atoms. The summed E-state index contributed by atoms with van der Waals surface area (Å²) in [4.78, 5) is 37.6. The number of nitrogens with zero attached hydrogens (tertiary/aromatic N) is 1. The lowest BCUT2D eigenvalue weighted by atomic mass is 10.1. The third kappa shape index (κ3) is 4.11. The quantitative estimate of drug-likeness (QED) is 0.813. The van der Waals surface area contributed by atoms with Crippen LogP contribution in [0.25, 0.3) is 0 Å². The topological polar surface area (TPSA) is 66.5 Å². The molecule has 1 heterocycles. The molecule has 2 aromatic carbocycles. The second kappa shape index (κ2) is 7.70. The van der Waals surface area contributed by atoms with Crippen LogP contribution in [0, 0.1) is 0 Å². The molecule has 0 saturated carbocycles. The molecule has 0 bridgehead atoms. The summed E-state index contributed by atoms with van der Waals surface area (Å²) >= 11 is 5.80. The van der Waals surface area contributed by atoms with Gasteiger partial charge >= 0.3 is 0 Å². The minimum absolute atomic E-state index is 0.0132. The maximum atomic E-state index is 12.2. The average molecular weight is 371 g/mol. The van der Waals surface area contributed by atoms with Crippen molar-refractivity contribution in [2.45, 2.75) is 26.2 Å². The van der Waals surface area contributed by atoms with Crippen molar-refractivity contribution < 1.29 is 14.4 Å². The first kappa shape index (κ1) is 18.1. The number of hydrogen-bond acceptors (Lipinski definition) is 3. The molecule has 6 heteroatoms. The van der Waals surface area contributed by atoms with Crippen LogP contribution < -0.4 is 10.2 Å². The molecule has 5 nitrogen and oxygen atoms in total. The minimum Gasteiger partial charge on any atom is -0.326 e. The van der Waals surface area contributed by atoms with Crippen LogP contribution in [0.3, 0.4) is 0 Å². The van der Waals surface area contributed by atoms with Gasteiger partial charge in [-0.15, -0.1) is 0 Å². The smallest absolute Gasteiger partial charge is 0.224 e. The number of Topliss-reactive ketones (excluding diaryl/α,β-unsaturated/α-hetero) is 1. The Hall–Kier alpha value is -2.66. The Balaban J connectivity index is 1.59. The Kier molecular flexibility index (Phi) is 5.38. The minimum atomic E-state index is -0.236. The summed E-state index contributed by atoms with van der Waals surface area (Å²) in [6, 6.07) is 12.2. The molecule has 0 atom stereocenters. The Bertz CT molecular complexity index is 862. The predicted octanol–water partition coefficient (Wildman–Crippen LogP) is 3.85. The van der Waals surface area contributed by atoms with E-state index < -0.39 is 0 Å². The van der Waals surface area contributed by atoms with Gasteiger partial charge in [0.1, 0.15) is 0 Å². The fraction of sp³-hybridized carbons (Fsp3) is 0.250. The number of carbonyl (C=O) groups excluding carboxylic acids is 3. The summed E-state index contributed by atoms with van der Waals surface area (Å²) in [7, 11) is 0. The van der Waals surface area contributed by atoms with Crippen LogP contribution in [-0.4, -0.2) is 24.1 Å².